The van der Waals surface area contributed by atoms with E-state index in [1.165, 1.54) is 4.90 Å². The van der Waals surface area contributed by atoms with Crippen LogP contribution in [0.5, 0.6) is 0 Å². The second-order valence-electron chi connectivity index (χ2n) is 5.20. The molecule has 0 radical (unpaired) electrons. The van der Waals surface area contributed by atoms with E-state index in [1.54, 1.807) is 0 Å². The van der Waals surface area contributed by atoms with Crippen LogP contribution in [-0.4, -0.2) is 34.5 Å². The normalized spacial score (nSPS) is 18.6. The number of aliphatic carboxylic acids is 1. The Balaban J connectivity index is 2.18. The number of carboxylic acid groups (broad SMARTS) is 1. The van der Waals surface area contributed by atoms with Gasteiger partial charge in [-0.2, -0.15) is 0 Å². The number of carbonyl (C=O) groups is 2. The van der Waals surface area contributed by atoms with E-state index in [2.05, 4.69) is 0 Å². The molecule has 1 aromatic carbocycles. The van der Waals surface area contributed by atoms with E-state index in [0.717, 1.165) is 31.0 Å². The predicted octanol–water partition coefficient (Wildman–Crippen LogP) is 2.82. The maximum absolute atomic E-state index is 13.7. The molecule has 1 aliphatic rings. The third kappa shape index (κ3) is 3.77. The van der Waals surface area contributed by atoms with Gasteiger partial charge in [-0.1, -0.05) is 0 Å². The van der Waals surface area contributed by atoms with Crippen molar-refractivity contribution in [1.82, 2.24) is 4.90 Å². The van der Waals surface area contributed by atoms with Gasteiger partial charge in [-0.3, -0.25) is 9.59 Å². The van der Waals surface area contributed by atoms with E-state index in [1.807, 2.05) is 0 Å². The SMILES string of the molecule is O=C(O)CC[C@H]1CCCCN1C(=O)c1cc(F)ccc1F. The van der Waals surface area contributed by atoms with Gasteiger partial charge in [0.1, 0.15) is 11.6 Å². The Morgan fingerprint density at radius 2 is 2.05 bits per heavy atom. The quantitative estimate of drug-likeness (QED) is 0.929. The van der Waals surface area contributed by atoms with Crippen molar-refractivity contribution < 1.29 is 23.5 Å². The first-order valence-electron chi connectivity index (χ1n) is 6.97. The third-order valence-corrected chi connectivity index (χ3v) is 3.74. The van der Waals surface area contributed by atoms with Gasteiger partial charge in [-0.25, -0.2) is 8.78 Å². The number of hydrogen-bond donors (Lipinski definition) is 1. The minimum absolute atomic E-state index is 0.0416. The number of rotatable bonds is 4. The Bertz CT molecular complexity index is 548. The minimum atomic E-state index is -0.926. The average Bonchev–Trinajstić information content (AvgIpc) is 2.47. The van der Waals surface area contributed by atoms with Crippen LogP contribution in [-0.2, 0) is 4.79 Å². The molecule has 1 aromatic rings. The Hall–Kier alpha value is -1.98. The third-order valence-electron chi connectivity index (χ3n) is 3.74. The molecule has 1 N–H and O–H groups in total. The zero-order valence-electron chi connectivity index (χ0n) is 11.5. The first-order chi connectivity index (χ1) is 9.99. The van der Waals surface area contributed by atoms with Crippen LogP contribution in [0, 0.1) is 11.6 Å². The fourth-order valence-electron chi connectivity index (χ4n) is 2.67. The van der Waals surface area contributed by atoms with E-state index >= 15 is 0 Å². The van der Waals surface area contributed by atoms with Crippen molar-refractivity contribution in [2.75, 3.05) is 6.54 Å². The fourth-order valence-corrected chi connectivity index (χ4v) is 2.67. The summed E-state index contributed by atoms with van der Waals surface area (Å²) in [6.07, 6.45) is 2.67. The molecular formula is C15H17F2NO3. The number of amides is 1. The van der Waals surface area contributed by atoms with Crippen LogP contribution in [0.4, 0.5) is 8.78 Å². The molecule has 0 aliphatic carbocycles. The lowest BCUT2D eigenvalue weighted by atomic mass is 9.97. The number of likely N-dealkylation sites (tertiary alicyclic amines) is 1. The second-order valence-corrected chi connectivity index (χ2v) is 5.20. The lowest BCUT2D eigenvalue weighted by Gasteiger charge is -2.35. The number of carboxylic acids is 1. The van der Waals surface area contributed by atoms with Gasteiger partial charge < -0.3 is 10.0 Å². The summed E-state index contributed by atoms with van der Waals surface area (Å²) < 4.78 is 26.9. The highest BCUT2D eigenvalue weighted by atomic mass is 19.1. The Morgan fingerprint density at radius 1 is 1.29 bits per heavy atom. The van der Waals surface area contributed by atoms with Crippen LogP contribution in [0.25, 0.3) is 0 Å². The molecule has 1 heterocycles. The van der Waals surface area contributed by atoms with Crippen molar-refractivity contribution in [1.29, 1.82) is 0 Å². The van der Waals surface area contributed by atoms with Gasteiger partial charge in [0.05, 0.1) is 5.56 Å². The molecule has 4 nitrogen and oxygen atoms in total. The van der Waals surface area contributed by atoms with Crippen LogP contribution in [0.1, 0.15) is 42.5 Å². The Labute approximate surface area is 121 Å². The first kappa shape index (κ1) is 15.4. The van der Waals surface area contributed by atoms with E-state index < -0.39 is 23.5 Å². The Kier molecular flexibility index (Phi) is 4.88. The molecule has 0 bridgehead atoms. The van der Waals surface area contributed by atoms with E-state index in [4.69, 9.17) is 5.11 Å². The number of hydrogen-bond acceptors (Lipinski definition) is 2. The zero-order valence-corrected chi connectivity index (χ0v) is 11.5. The number of nitrogens with zero attached hydrogens (tertiary/aromatic N) is 1. The molecule has 1 amide bonds. The van der Waals surface area contributed by atoms with Gasteiger partial charge in [0, 0.05) is 19.0 Å². The van der Waals surface area contributed by atoms with E-state index in [-0.39, 0.29) is 18.0 Å². The highest BCUT2D eigenvalue weighted by Crippen LogP contribution is 2.24. The summed E-state index contributed by atoms with van der Waals surface area (Å²) in [7, 11) is 0. The topological polar surface area (TPSA) is 57.6 Å². The lowest BCUT2D eigenvalue weighted by Crippen LogP contribution is -2.44. The number of piperidine rings is 1. The molecule has 0 spiro atoms. The van der Waals surface area contributed by atoms with Crippen LogP contribution >= 0.6 is 0 Å². The molecule has 0 saturated carbocycles. The largest absolute Gasteiger partial charge is 0.481 e. The monoisotopic (exact) mass is 297 g/mol. The maximum atomic E-state index is 13.7. The zero-order chi connectivity index (χ0) is 15.4. The smallest absolute Gasteiger partial charge is 0.303 e. The first-order valence-corrected chi connectivity index (χ1v) is 6.97. The standard InChI is InChI=1S/C15H17F2NO3/c16-10-4-6-13(17)12(9-10)15(21)18-8-2-1-3-11(18)5-7-14(19)20/h4,6,9,11H,1-3,5,7-8H2,(H,19,20)/t11-/m1/s1. The molecule has 1 fully saturated rings. The van der Waals surface area contributed by atoms with Crippen molar-refractivity contribution in [2.45, 2.75) is 38.1 Å². The van der Waals surface area contributed by atoms with Crippen molar-refractivity contribution in [3.63, 3.8) is 0 Å². The van der Waals surface area contributed by atoms with Gasteiger partial charge in [-0.15, -0.1) is 0 Å². The van der Waals surface area contributed by atoms with Gasteiger partial charge in [0.15, 0.2) is 0 Å². The van der Waals surface area contributed by atoms with Crippen molar-refractivity contribution in [3.8, 4) is 0 Å². The molecule has 1 atom stereocenters. The summed E-state index contributed by atoms with van der Waals surface area (Å²) in [6.45, 7) is 0.444. The molecule has 6 heteroatoms. The van der Waals surface area contributed by atoms with Crippen LogP contribution < -0.4 is 0 Å². The van der Waals surface area contributed by atoms with Crippen LogP contribution in [0.2, 0.25) is 0 Å². The van der Waals surface area contributed by atoms with Crippen LogP contribution in [0.15, 0.2) is 18.2 Å². The minimum Gasteiger partial charge on any atom is -0.481 e. The summed E-state index contributed by atoms with van der Waals surface area (Å²) in [5, 5.41) is 8.75. The number of carbonyl (C=O) groups excluding carboxylic acids is 1. The molecule has 1 aliphatic heterocycles. The van der Waals surface area contributed by atoms with Crippen molar-refractivity contribution in [2.24, 2.45) is 0 Å². The van der Waals surface area contributed by atoms with E-state index in [9.17, 15) is 18.4 Å². The molecule has 21 heavy (non-hydrogen) atoms. The predicted molar refractivity (Wildman–Crippen MR) is 71.9 cm³/mol. The van der Waals surface area contributed by atoms with Crippen molar-refractivity contribution in [3.05, 3.63) is 35.4 Å². The molecule has 1 saturated heterocycles. The van der Waals surface area contributed by atoms with Gasteiger partial charge in [0.2, 0.25) is 0 Å². The summed E-state index contributed by atoms with van der Waals surface area (Å²) in [5.41, 5.74) is -0.294. The summed E-state index contributed by atoms with van der Waals surface area (Å²) in [6, 6.07) is 2.55. The Morgan fingerprint density at radius 3 is 2.76 bits per heavy atom. The number of benzene rings is 1. The molecule has 0 aromatic heterocycles. The highest BCUT2D eigenvalue weighted by molar-refractivity contribution is 5.94. The summed E-state index contributed by atoms with van der Waals surface area (Å²) >= 11 is 0. The molecule has 114 valence electrons. The molecular weight excluding hydrogens is 280 g/mol. The highest BCUT2D eigenvalue weighted by Gasteiger charge is 2.29. The summed E-state index contributed by atoms with van der Waals surface area (Å²) in [5.74, 6) is -2.92. The fraction of sp³-hybridized carbons (Fsp3) is 0.467. The van der Waals surface area contributed by atoms with Gasteiger partial charge >= 0.3 is 5.97 Å². The molecule has 2 rings (SSSR count). The second kappa shape index (κ2) is 6.65. The van der Waals surface area contributed by atoms with Gasteiger partial charge in [-0.05, 0) is 43.9 Å². The number of halogens is 2. The van der Waals surface area contributed by atoms with Crippen molar-refractivity contribution >= 4 is 11.9 Å². The average molecular weight is 297 g/mol. The summed E-state index contributed by atoms with van der Waals surface area (Å²) in [4.78, 5) is 24.6. The van der Waals surface area contributed by atoms with Crippen LogP contribution in [0.3, 0.4) is 0 Å². The maximum Gasteiger partial charge on any atom is 0.303 e. The van der Waals surface area contributed by atoms with E-state index in [0.29, 0.717) is 19.4 Å². The lowest BCUT2D eigenvalue weighted by molar-refractivity contribution is -0.137. The van der Waals surface area contributed by atoms with Gasteiger partial charge in [0.25, 0.3) is 5.91 Å². The molecule has 0 unspecified atom stereocenters.